The van der Waals surface area contributed by atoms with Crippen LogP contribution in [0.4, 0.5) is 23.2 Å². The molecule has 0 unspecified atom stereocenters. The van der Waals surface area contributed by atoms with E-state index in [-0.39, 0.29) is 5.75 Å². The molecule has 0 aliphatic carbocycles. The molecule has 12 heteroatoms. The van der Waals surface area contributed by atoms with Gasteiger partial charge in [-0.25, -0.2) is 34.4 Å². The largest absolute Gasteiger partial charge is 0.497 e. The van der Waals surface area contributed by atoms with Crippen molar-refractivity contribution in [2.75, 3.05) is 18.1 Å². The summed E-state index contributed by atoms with van der Waals surface area (Å²) in [6, 6.07) is 4.17. The van der Waals surface area contributed by atoms with Crippen LogP contribution in [0.1, 0.15) is 0 Å². The molecule has 0 heterocycles. The molecule has 0 amide bonds. The van der Waals surface area contributed by atoms with E-state index in [2.05, 4.69) is 0 Å². The lowest BCUT2D eigenvalue weighted by Crippen LogP contribution is -2.17. The Labute approximate surface area is 146 Å². The molecule has 0 aliphatic heterocycles. The maximum Gasteiger partial charge on any atom is 0.230 e. The van der Waals surface area contributed by atoms with Crippen LogP contribution < -0.4 is 9.46 Å². The summed E-state index contributed by atoms with van der Waals surface area (Å²) in [5.41, 5.74) is -1.66. The van der Waals surface area contributed by atoms with E-state index in [0.717, 1.165) is 24.3 Å². The number of halogens is 4. The standard InChI is InChI=1S/C14H11F4NO5S2/c1-24-7-3-5-8(6-4-7)26(22,23)14-11(17)9(15)13(10(16)12(14)18)19-25(2,20)21/h3-6,19H,1-2H3. The second-order valence-corrected chi connectivity index (χ2v) is 8.65. The van der Waals surface area contributed by atoms with Gasteiger partial charge in [0, 0.05) is 0 Å². The predicted octanol–water partition coefficient (Wildman–Crippen LogP) is 2.46. The van der Waals surface area contributed by atoms with Crippen molar-refractivity contribution in [3.63, 3.8) is 0 Å². The molecule has 0 atom stereocenters. The molecular weight excluding hydrogens is 402 g/mol. The first-order valence-electron chi connectivity index (χ1n) is 6.63. The van der Waals surface area contributed by atoms with E-state index in [0.29, 0.717) is 6.26 Å². The molecule has 142 valence electrons. The average molecular weight is 413 g/mol. The van der Waals surface area contributed by atoms with Crippen LogP contribution in [-0.4, -0.2) is 30.2 Å². The first kappa shape index (κ1) is 20.0. The third-order valence-corrected chi connectivity index (χ3v) is 5.51. The predicted molar refractivity (Wildman–Crippen MR) is 83.2 cm³/mol. The smallest absolute Gasteiger partial charge is 0.230 e. The third-order valence-electron chi connectivity index (χ3n) is 3.15. The summed E-state index contributed by atoms with van der Waals surface area (Å²) in [5.74, 6) is -8.67. The Kier molecular flexibility index (Phi) is 5.19. The molecule has 0 saturated carbocycles. The Morgan fingerprint density at radius 3 is 1.69 bits per heavy atom. The van der Waals surface area contributed by atoms with Gasteiger partial charge in [0.2, 0.25) is 19.9 Å². The molecule has 0 fully saturated rings. The van der Waals surface area contributed by atoms with E-state index in [4.69, 9.17) is 4.74 Å². The number of anilines is 1. The number of sulfonamides is 1. The van der Waals surface area contributed by atoms with Crippen LogP contribution in [0.25, 0.3) is 0 Å². The van der Waals surface area contributed by atoms with Crippen molar-refractivity contribution in [3.05, 3.63) is 47.5 Å². The number of nitrogens with one attached hydrogen (secondary N) is 1. The zero-order valence-electron chi connectivity index (χ0n) is 13.2. The highest BCUT2D eigenvalue weighted by atomic mass is 32.2. The summed E-state index contributed by atoms with van der Waals surface area (Å²) in [6.07, 6.45) is 0.490. The minimum absolute atomic E-state index is 0.231. The van der Waals surface area contributed by atoms with Crippen molar-refractivity contribution < 1.29 is 39.1 Å². The number of methoxy groups -OCH3 is 1. The molecular formula is C14H11F4NO5S2. The van der Waals surface area contributed by atoms with Crippen molar-refractivity contribution >= 4 is 25.5 Å². The molecule has 0 bridgehead atoms. The summed E-state index contributed by atoms with van der Waals surface area (Å²) in [4.78, 5) is -2.53. The molecule has 0 aliphatic rings. The van der Waals surface area contributed by atoms with Gasteiger partial charge in [0.05, 0.1) is 18.3 Å². The van der Waals surface area contributed by atoms with Gasteiger partial charge in [-0.05, 0) is 24.3 Å². The van der Waals surface area contributed by atoms with Gasteiger partial charge in [-0.3, -0.25) is 4.72 Å². The van der Waals surface area contributed by atoms with Crippen LogP contribution in [0.15, 0.2) is 34.1 Å². The molecule has 1 N–H and O–H groups in total. The van der Waals surface area contributed by atoms with E-state index in [9.17, 15) is 34.4 Å². The number of sulfone groups is 1. The third kappa shape index (κ3) is 3.60. The Morgan fingerprint density at radius 1 is 0.846 bits per heavy atom. The van der Waals surface area contributed by atoms with Gasteiger partial charge in [0.15, 0.2) is 23.3 Å². The number of hydrogen-bond donors (Lipinski definition) is 1. The maximum atomic E-state index is 14.2. The number of rotatable bonds is 5. The summed E-state index contributed by atoms with van der Waals surface area (Å²) >= 11 is 0. The quantitative estimate of drug-likeness (QED) is 0.601. The normalized spacial score (nSPS) is 12.1. The van der Waals surface area contributed by atoms with Gasteiger partial charge in [-0.2, -0.15) is 0 Å². The monoisotopic (exact) mass is 413 g/mol. The highest BCUT2D eigenvalue weighted by molar-refractivity contribution is 7.92. The first-order valence-corrected chi connectivity index (χ1v) is 10.0. The second-order valence-electron chi connectivity index (χ2n) is 5.01. The van der Waals surface area contributed by atoms with Crippen LogP contribution in [0, 0.1) is 23.3 Å². The fourth-order valence-electron chi connectivity index (χ4n) is 2.00. The van der Waals surface area contributed by atoms with Crippen molar-refractivity contribution in [2.45, 2.75) is 9.79 Å². The molecule has 2 aromatic rings. The summed E-state index contributed by atoms with van der Waals surface area (Å²) in [5, 5.41) is 0. The van der Waals surface area contributed by atoms with Crippen LogP contribution in [0.5, 0.6) is 5.75 Å². The molecule has 2 aromatic carbocycles. The van der Waals surface area contributed by atoms with Gasteiger partial charge in [0.25, 0.3) is 0 Å². The van der Waals surface area contributed by atoms with E-state index >= 15 is 0 Å². The fourth-order valence-corrected chi connectivity index (χ4v) is 3.93. The van der Waals surface area contributed by atoms with Crippen molar-refractivity contribution in [1.29, 1.82) is 0 Å². The minimum Gasteiger partial charge on any atom is -0.497 e. The van der Waals surface area contributed by atoms with Crippen molar-refractivity contribution in [1.82, 2.24) is 0 Å². The van der Waals surface area contributed by atoms with Crippen LogP contribution in [0.3, 0.4) is 0 Å². The summed E-state index contributed by atoms with van der Waals surface area (Å²) < 4.78 is 109. The highest BCUT2D eigenvalue weighted by Crippen LogP contribution is 2.34. The molecule has 0 saturated heterocycles. The molecule has 6 nitrogen and oxygen atoms in total. The van der Waals surface area contributed by atoms with E-state index in [1.165, 1.54) is 11.8 Å². The van der Waals surface area contributed by atoms with E-state index in [1.54, 1.807) is 0 Å². The van der Waals surface area contributed by atoms with Gasteiger partial charge >= 0.3 is 0 Å². The van der Waals surface area contributed by atoms with Gasteiger partial charge in [-0.15, -0.1) is 0 Å². The number of hydrogen-bond acceptors (Lipinski definition) is 5. The van der Waals surface area contributed by atoms with Crippen LogP contribution >= 0.6 is 0 Å². The van der Waals surface area contributed by atoms with Gasteiger partial charge in [-0.1, -0.05) is 0 Å². The Morgan fingerprint density at radius 2 is 1.31 bits per heavy atom. The molecule has 0 spiro atoms. The van der Waals surface area contributed by atoms with Crippen molar-refractivity contribution in [3.8, 4) is 5.75 Å². The van der Waals surface area contributed by atoms with Gasteiger partial charge < -0.3 is 4.74 Å². The summed E-state index contributed by atoms with van der Waals surface area (Å²) in [6.45, 7) is 0. The molecule has 2 rings (SSSR count). The van der Waals surface area contributed by atoms with Gasteiger partial charge in [0.1, 0.15) is 16.3 Å². The SMILES string of the molecule is COc1ccc(S(=O)(=O)c2c(F)c(F)c(NS(C)(=O)=O)c(F)c2F)cc1. The Bertz CT molecular complexity index is 1040. The highest BCUT2D eigenvalue weighted by Gasteiger charge is 2.35. The zero-order valence-corrected chi connectivity index (χ0v) is 14.8. The van der Waals surface area contributed by atoms with Crippen molar-refractivity contribution in [2.24, 2.45) is 0 Å². The zero-order chi connectivity index (χ0) is 19.9. The lowest BCUT2D eigenvalue weighted by atomic mass is 10.2. The Hall–Kier alpha value is -2.34. The molecule has 0 radical (unpaired) electrons. The Balaban J connectivity index is 2.73. The lowest BCUT2D eigenvalue weighted by molar-refractivity contribution is 0.414. The molecule has 26 heavy (non-hydrogen) atoms. The maximum absolute atomic E-state index is 14.2. The first-order chi connectivity index (χ1) is 11.9. The van der Waals surface area contributed by atoms with E-state index in [1.807, 2.05) is 0 Å². The van der Waals surface area contributed by atoms with E-state index < -0.39 is 58.6 Å². The second kappa shape index (κ2) is 6.76. The number of benzene rings is 2. The van der Waals surface area contributed by atoms with Crippen LogP contribution in [0.2, 0.25) is 0 Å². The average Bonchev–Trinajstić information content (AvgIpc) is 2.56. The fraction of sp³-hybridized carbons (Fsp3) is 0.143. The molecule has 0 aromatic heterocycles. The topological polar surface area (TPSA) is 89.5 Å². The minimum atomic E-state index is -4.99. The number of ether oxygens (including phenoxy) is 1. The van der Waals surface area contributed by atoms with Crippen LogP contribution in [-0.2, 0) is 19.9 Å². The summed E-state index contributed by atoms with van der Waals surface area (Å²) in [7, 11) is -7.99. The lowest BCUT2D eigenvalue weighted by Gasteiger charge is -2.13.